The highest BCUT2D eigenvalue weighted by atomic mass is 32.2. The van der Waals surface area contributed by atoms with Gasteiger partial charge < -0.3 is 0 Å². The molecule has 0 spiro atoms. The summed E-state index contributed by atoms with van der Waals surface area (Å²) in [7, 11) is -3.62. The minimum atomic E-state index is -3.62. The Morgan fingerprint density at radius 1 is 1.07 bits per heavy atom. The molecule has 0 saturated heterocycles. The van der Waals surface area contributed by atoms with Gasteiger partial charge in [-0.15, -0.1) is 11.3 Å². The van der Waals surface area contributed by atoms with Crippen molar-refractivity contribution in [2.45, 2.75) is 38.6 Å². The van der Waals surface area contributed by atoms with Gasteiger partial charge in [0, 0.05) is 30.4 Å². The average Bonchev–Trinajstić information content (AvgIpc) is 3.11. The Labute approximate surface area is 165 Å². The van der Waals surface area contributed by atoms with E-state index in [1.807, 2.05) is 62.5 Å². The highest BCUT2D eigenvalue weighted by Crippen LogP contribution is 2.27. The van der Waals surface area contributed by atoms with Crippen LogP contribution in [0.25, 0.3) is 0 Å². The maximum Gasteiger partial charge on any atom is 0.243 e. The zero-order chi connectivity index (χ0) is 19.4. The van der Waals surface area contributed by atoms with Crippen molar-refractivity contribution >= 4 is 21.4 Å². The van der Waals surface area contributed by atoms with E-state index in [1.165, 1.54) is 4.88 Å². The molecule has 4 nitrogen and oxygen atoms in total. The number of benzene rings is 1. The molecule has 3 rings (SSSR count). The van der Waals surface area contributed by atoms with Gasteiger partial charge in [0.05, 0.1) is 4.90 Å². The summed E-state index contributed by atoms with van der Waals surface area (Å²) in [5.41, 5.74) is 3.54. The Kier molecular flexibility index (Phi) is 6.09. The lowest BCUT2D eigenvalue weighted by molar-refractivity contribution is 0.409. The molecule has 3 aromatic rings. The van der Waals surface area contributed by atoms with Crippen molar-refractivity contribution in [3.05, 3.63) is 81.3 Å². The number of aromatic nitrogens is 1. The normalized spacial score (nSPS) is 11.9. The minimum Gasteiger partial charge on any atom is -0.264 e. The molecule has 0 fully saturated rings. The van der Waals surface area contributed by atoms with E-state index < -0.39 is 10.0 Å². The lowest BCUT2D eigenvalue weighted by Crippen LogP contribution is -2.33. The molecule has 142 valence electrons. The van der Waals surface area contributed by atoms with Crippen molar-refractivity contribution in [1.29, 1.82) is 0 Å². The van der Waals surface area contributed by atoms with Gasteiger partial charge >= 0.3 is 0 Å². The first-order chi connectivity index (χ1) is 12.9. The molecule has 0 aliphatic heterocycles. The topological polar surface area (TPSA) is 50.3 Å². The van der Waals surface area contributed by atoms with E-state index in [1.54, 1.807) is 28.0 Å². The van der Waals surface area contributed by atoms with Crippen LogP contribution in [0.15, 0.2) is 59.1 Å². The molecular formula is C21H24N2O2S2. The molecule has 0 atom stereocenters. The van der Waals surface area contributed by atoms with Gasteiger partial charge in [-0.2, -0.15) is 4.31 Å². The molecule has 0 bridgehead atoms. The maximum atomic E-state index is 13.6. The smallest absolute Gasteiger partial charge is 0.243 e. The van der Waals surface area contributed by atoms with Crippen LogP contribution in [0.1, 0.15) is 27.1 Å². The van der Waals surface area contributed by atoms with Crippen molar-refractivity contribution in [2.24, 2.45) is 0 Å². The van der Waals surface area contributed by atoms with Crippen molar-refractivity contribution in [3.8, 4) is 0 Å². The Morgan fingerprint density at radius 3 is 2.41 bits per heavy atom. The second kappa shape index (κ2) is 8.33. The van der Waals surface area contributed by atoms with E-state index >= 15 is 0 Å². The number of rotatable bonds is 7. The largest absolute Gasteiger partial charge is 0.264 e. The van der Waals surface area contributed by atoms with Gasteiger partial charge in [0.2, 0.25) is 10.0 Å². The molecule has 2 aromatic heterocycles. The second-order valence-corrected chi connectivity index (χ2v) is 9.66. The molecule has 0 aliphatic rings. The molecule has 1 aromatic carbocycles. The van der Waals surface area contributed by atoms with E-state index in [9.17, 15) is 8.42 Å². The van der Waals surface area contributed by atoms with Crippen molar-refractivity contribution in [1.82, 2.24) is 9.29 Å². The zero-order valence-electron chi connectivity index (χ0n) is 15.8. The van der Waals surface area contributed by atoms with Crippen LogP contribution >= 0.6 is 11.3 Å². The predicted octanol–water partition coefficient (Wildman–Crippen LogP) is 4.50. The molecule has 0 N–H and O–H groups in total. The summed E-state index contributed by atoms with van der Waals surface area (Å²) in [6, 6.07) is 11.6. The molecule has 0 unspecified atom stereocenters. The predicted molar refractivity (Wildman–Crippen MR) is 111 cm³/mol. The number of pyridine rings is 1. The van der Waals surface area contributed by atoms with Gasteiger partial charge in [-0.1, -0.05) is 29.8 Å². The molecule has 0 radical (unpaired) electrons. The number of aryl methyl sites for hydroxylation is 3. The third-order valence-electron chi connectivity index (χ3n) is 4.47. The summed E-state index contributed by atoms with van der Waals surface area (Å²) in [6.45, 7) is 6.47. The number of thiophene rings is 1. The van der Waals surface area contributed by atoms with Crippen LogP contribution in [0.2, 0.25) is 0 Å². The van der Waals surface area contributed by atoms with Gasteiger partial charge in [0.1, 0.15) is 0 Å². The quantitative estimate of drug-likeness (QED) is 0.587. The van der Waals surface area contributed by atoms with Gasteiger partial charge in [-0.25, -0.2) is 8.42 Å². The minimum absolute atomic E-state index is 0.314. The van der Waals surface area contributed by atoms with E-state index in [0.29, 0.717) is 24.4 Å². The van der Waals surface area contributed by atoms with Gasteiger partial charge in [-0.05, 0) is 61.4 Å². The van der Waals surface area contributed by atoms with Crippen LogP contribution in [0, 0.1) is 20.8 Å². The molecular weight excluding hydrogens is 376 g/mol. The summed E-state index contributed by atoms with van der Waals surface area (Å²) in [6.07, 6.45) is 4.12. The van der Waals surface area contributed by atoms with Crippen molar-refractivity contribution < 1.29 is 8.42 Å². The van der Waals surface area contributed by atoms with Gasteiger partial charge in [0.15, 0.2) is 0 Å². The summed E-state index contributed by atoms with van der Waals surface area (Å²) in [4.78, 5) is 5.73. The van der Waals surface area contributed by atoms with Crippen LogP contribution in [-0.2, 0) is 23.0 Å². The average molecular weight is 401 g/mol. The Hall–Kier alpha value is -2.02. The fraction of sp³-hybridized carbons (Fsp3) is 0.286. The standard InChI is InChI=1S/C21H24N2O2S2/c1-16-12-17(2)21(18(3)13-16)27(24,25)23(10-8-20-7-5-11-26-20)15-19-6-4-9-22-14-19/h4-7,9,11-14H,8,10,15H2,1-3H3. The number of hydrogen-bond donors (Lipinski definition) is 0. The lowest BCUT2D eigenvalue weighted by Gasteiger charge is -2.24. The van der Waals surface area contributed by atoms with E-state index in [4.69, 9.17) is 0 Å². The molecule has 0 amide bonds. The third kappa shape index (κ3) is 4.64. The number of hydrogen-bond acceptors (Lipinski definition) is 4. The van der Waals surface area contributed by atoms with Crippen LogP contribution < -0.4 is 0 Å². The van der Waals surface area contributed by atoms with Gasteiger partial charge in [-0.3, -0.25) is 4.98 Å². The molecule has 0 aliphatic carbocycles. The molecule has 0 saturated carbocycles. The van der Waals surface area contributed by atoms with Crippen LogP contribution in [0.5, 0.6) is 0 Å². The first-order valence-corrected chi connectivity index (χ1v) is 11.2. The van der Waals surface area contributed by atoms with Crippen LogP contribution in [0.3, 0.4) is 0 Å². The fourth-order valence-corrected chi connectivity index (χ4v) is 5.91. The van der Waals surface area contributed by atoms with Crippen molar-refractivity contribution in [2.75, 3.05) is 6.54 Å². The van der Waals surface area contributed by atoms with E-state index in [2.05, 4.69) is 4.98 Å². The third-order valence-corrected chi connectivity index (χ3v) is 7.56. The zero-order valence-corrected chi connectivity index (χ0v) is 17.5. The number of nitrogens with zero attached hydrogens (tertiary/aromatic N) is 2. The lowest BCUT2D eigenvalue weighted by atomic mass is 10.1. The Morgan fingerprint density at radius 2 is 1.81 bits per heavy atom. The SMILES string of the molecule is Cc1cc(C)c(S(=O)(=O)N(CCc2cccs2)Cc2cccnc2)c(C)c1. The molecule has 2 heterocycles. The first-order valence-electron chi connectivity index (χ1n) is 8.87. The molecule has 27 heavy (non-hydrogen) atoms. The maximum absolute atomic E-state index is 13.6. The van der Waals surface area contributed by atoms with Crippen LogP contribution in [-0.4, -0.2) is 24.3 Å². The molecule has 6 heteroatoms. The number of sulfonamides is 1. The van der Waals surface area contributed by atoms with Crippen molar-refractivity contribution in [3.63, 3.8) is 0 Å². The monoisotopic (exact) mass is 400 g/mol. The summed E-state index contributed by atoms with van der Waals surface area (Å²) in [5, 5.41) is 2.02. The summed E-state index contributed by atoms with van der Waals surface area (Å²) >= 11 is 1.65. The van der Waals surface area contributed by atoms with Crippen LogP contribution in [0.4, 0.5) is 0 Å². The highest BCUT2D eigenvalue weighted by Gasteiger charge is 2.28. The Balaban J connectivity index is 1.97. The second-order valence-electron chi connectivity index (χ2n) is 6.76. The highest BCUT2D eigenvalue weighted by molar-refractivity contribution is 7.89. The summed E-state index contributed by atoms with van der Waals surface area (Å²) < 4.78 is 28.7. The fourth-order valence-electron chi connectivity index (χ4n) is 3.37. The first kappa shape index (κ1) is 19.7. The van der Waals surface area contributed by atoms with Gasteiger partial charge in [0.25, 0.3) is 0 Å². The Bertz CT molecular complexity index is 975. The van der Waals surface area contributed by atoms with E-state index in [0.717, 1.165) is 22.3 Å². The van der Waals surface area contributed by atoms with E-state index in [-0.39, 0.29) is 0 Å². The summed E-state index contributed by atoms with van der Waals surface area (Å²) in [5.74, 6) is 0.